The highest BCUT2D eigenvalue weighted by molar-refractivity contribution is 5.99. The molecule has 1 aliphatic heterocycles. The number of carboxylic acid groups (broad SMARTS) is 1. The summed E-state index contributed by atoms with van der Waals surface area (Å²) in [7, 11) is 0. The minimum atomic E-state index is -1.27. The molecule has 2 heterocycles. The summed E-state index contributed by atoms with van der Waals surface area (Å²) in [5, 5.41) is 24.2. The van der Waals surface area contributed by atoms with E-state index < -0.39 is 28.7 Å². The molecule has 0 saturated carbocycles. The molecule has 3 aromatic rings. The van der Waals surface area contributed by atoms with Crippen molar-refractivity contribution in [1.29, 1.82) is 0 Å². The summed E-state index contributed by atoms with van der Waals surface area (Å²) < 4.78 is 12.5. The van der Waals surface area contributed by atoms with E-state index in [0.717, 1.165) is 11.1 Å². The van der Waals surface area contributed by atoms with Crippen LogP contribution in [0.2, 0.25) is 0 Å². The number of carbonyl (C=O) groups is 3. The number of imidazole rings is 1. The van der Waals surface area contributed by atoms with Crippen molar-refractivity contribution in [3.63, 3.8) is 0 Å². The summed E-state index contributed by atoms with van der Waals surface area (Å²) in [5.74, 6) is -3.70. The minimum absolute atomic E-state index is 0.00965. The number of benzene rings is 2. The number of ether oxygens (including phenoxy) is 2. The predicted molar refractivity (Wildman–Crippen MR) is 155 cm³/mol. The van der Waals surface area contributed by atoms with Crippen LogP contribution in [0, 0.1) is 10.1 Å². The van der Waals surface area contributed by atoms with E-state index in [1.807, 2.05) is 35.0 Å². The van der Waals surface area contributed by atoms with Crippen LogP contribution < -0.4 is 5.32 Å². The molecule has 0 aliphatic carbocycles. The van der Waals surface area contributed by atoms with Gasteiger partial charge < -0.3 is 24.5 Å². The molecular weight excluding hydrogens is 556 g/mol. The normalized spacial score (nSPS) is 14.9. The second-order valence-corrected chi connectivity index (χ2v) is 9.76. The highest BCUT2D eigenvalue weighted by Crippen LogP contribution is 2.39. The first-order valence-corrected chi connectivity index (χ1v) is 13.4. The van der Waals surface area contributed by atoms with Crippen molar-refractivity contribution in [2.75, 3.05) is 13.2 Å². The molecule has 12 nitrogen and oxygen atoms in total. The zero-order valence-electron chi connectivity index (χ0n) is 23.6. The third-order valence-electron chi connectivity index (χ3n) is 6.71. The van der Waals surface area contributed by atoms with Gasteiger partial charge in [0.05, 0.1) is 41.5 Å². The van der Waals surface area contributed by atoms with E-state index in [0.29, 0.717) is 17.9 Å². The number of aromatic nitrogens is 2. The van der Waals surface area contributed by atoms with E-state index in [4.69, 9.17) is 9.47 Å². The number of allylic oxidation sites excluding steroid dienone is 2. The Morgan fingerprint density at radius 2 is 1.79 bits per heavy atom. The first kappa shape index (κ1) is 30.4. The van der Waals surface area contributed by atoms with Crippen molar-refractivity contribution in [1.82, 2.24) is 14.9 Å². The van der Waals surface area contributed by atoms with Crippen molar-refractivity contribution >= 4 is 29.7 Å². The fourth-order valence-corrected chi connectivity index (χ4v) is 4.71. The molecule has 0 amide bonds. The second kappa shape index (κ2) is 13.9. The number of nitro groups is 1. The summed E-state index contributed by atoms with van der Waals surface area (Å²) in [4.78, 5) is 52.2. The lowest BCUT2D eigenvalue weighted by atomic mass is 9.80. The maximum absolute atomic E-state index is 13.2. The summed E-state index contributed by atoms with van der Waals surface area (Å²) in [5.41, 5.74) is 2.54. The first-order valence-electron chi connectivity index (χ1n) is 13.4. The van der Waals surface area contributed by atoms with Crippen LogP contribution in [0.4, 0.5) is 5.69 Å². The van der Waals surface area contributed by atoms with Gasteiger partial charge in [-0.1, -0.05) is 36.4 Å². The number of carboxylic acids is 1. The SMILES string of the molecule is CC1=C(C(=O)O)C(c2cccc([N+](=O)[O-])c2)C(C(=O)OCCCOC(=O)/C=C/c2ccc(Cn3ccnc3)cc2)=C(C)N1. The van der Waals surface area contributed by atoms with Crippen LogP contribution in [0.1, 0.15) is 42.9 Å². The van der Waals surface area contributed by atoms with Crippen LogP contribution in [-0.4, -0.2) is 50.7 Å². The third-order valence-corrected chi connectivity index (χ3v) is 6.71. The Morgan fingerprint density at radius 3 is 2.47 bits per heavy atom. The second-order valence-electron chi connectivity index (χ2n) is 9.76. The number of hydrogen-bond acceptors (Lipinski definition) is 9. The number of non-ortho nitro benzene ring substituents is 1. The fourth-order valence-electron chi connectivity index (χ4n) is 4.71. The van der Waals surface area contributed by atoms with E-state index in [1.54, 1.807) is 32.4 Å². The smallest absolute Gasteiger partial charge is 0.336 e. The topological polar surface area (TPSA) is 163 Å². The maximum atomic E-state index is 13.2. The summed E-state index contributed by atoms with van der Waals surface area (Å²) in [6.45, 7) is 3.74. The lowest BCUT2D eigenvalue weighted by molar-refractivity contribution is -0.384. The molecule has 0 fully saturated rings. The molecule has 12 heteroatoms. The molecule has 0 saturated heterocycles. The van der Waals surface area contributed by atoms with Gasteiger partial charge in [0, 0.05) is 55.0 Å². The van der Waals surface area contributed by atoms with Crippen molar-refractivity contribution in [3.8, 4) is 0 Å². The number of nitrogens with zero attached hydrogens (tertiary/aromatic N) is 3. The van der Waals surface area contributed by atoms with Crippen LogP contribution in [0.25, 0.3) is 6.08 Å². The number of hydrogen-bond donors (Lipinski definition) is 2. The first-order chi connectivity index (χ1) is 20.6. The molecule has 4 rings (SSSR count). The van der Waals surface area contributed by atoms with Gasteiger partial charge in [-0.05, 0) is 36.6 Å². The van der Waals surface area contributed by atoms with E-state index in [9.17, 15) is 29.6 Å². The van der Waals surface area contributed by atoms with Crippen molar-refractivity contribution in [3.05, 3.63) is 123 Å². The lowest BCUT2D eigenvalue weighted by Crippen LogP contribution is -2.32. The summed E-state index contributed by atoms with van der Waals surface area (Å²) >= 11 is 0. The Kier molecular flexibility index (Phi) is 9.84. The Balaban J connectivity index is 1.31. The molecular formula is C31H30N4O8. The lowest BCUT2D eigenvalue weighted by Gasteiger charge is -2.29. The van der Waals surface area contributed by atoms with E-state index in [2.05, 4.69) is 10.3 Å². The summed E-state index contributed by atoms with van der Waals surface area (Å²) in [6.07, 6.45) is 8.48. The molecule has 0 spiro atoms. The molecule has 2 aromatic carbocycles. The molecule has 0 radical (unpaired) electrons. The molecule has 1 aliphatic rings. The zero-order chi connectivity index (χ0) is 30.9. The number of aliphatic carboxylic acids is 1. The quantitative estimate of drug-likeness (QED) is 0.103. The predicted octanol–water partition coefficient (Wildman–Crippen LogP) is 4.35. The largest absolute Gasteiger partial charge is 0.478 e. The van der Waals surface area contributed by atoms with Gasteiger partial charge in [0.2, 0.25) is 0 Å². The average Bonchev–Trinajstić information content (AvgIpc) is 3.49. The van der Waals surface area contributed by atoms with Crippen molar-refractivity contribution < 1.29 is 33.9 Å². The van der Waals surface area contributed by atoms with Gasteiger partial charge in [-0.15, -0.1) is 0 Å². The monoisotopic (exact) mass is 586 g/mol. The van der Waals surface area contributed by atoms with Crippen LogP contribution >= 0.6 is 0 Å². The van der Waals surface area contributed by atoms with Gasteiger partial charge in [-0.2, -0.15) is 0 Å². The maximum Gasteiger partial charge on any atom is 0.336 e. The minimum Gasteiger partial charge on any atom is -0.478 e. The van der Waals surface area contributed by atoms with Gasteiger partial charge in [0.15, 0.2) is 0 Å². The Bertz CT molecular complexity index is 1600. The Morgan fingerprint density at radius 1 is 1.07 bits per heavy atom. The van der Waals surface area contributed by atoms with E-state index in [-0.39, 0.29) is 42.0 Å². The van der Waals surface area contributed by atoms with Crippen molar-refractivity contribution in [2.24, 2.45) is 0 Å². The van der Waals surface area contributed by atoms with Gasteiger partial charge in [0.25, 0.3) is 5.69 Å². The Hall–Kier alpha value is -5.52. The fraction of sp³-hybridized carbons (Fsp3) is 0.226. The molecule has 1 aromatic heterocycles. The van der Waals surface area contributed by atoms with Gasteiger partial charge in [0.1, 0.15) is 0 Å². The number of carbonyl (C=O) groups excluding carboxylic acids is 2. The molecule has 1 unspecified atom stereocenters. The summed E-state index contributed by atoms with van der Waals surface area (Å²) in [6, 6.07) is 13.2. The number of esters is 2. The van der Waals surface area contributed by atoms with E-state index in [1.165, 1.54) is 30.3 Å². The van der Waals surface area contributed by atoms with Gasteiger partial charge >= 0.3 is 17.9 Å². The number of nitro benzene ring substituents is 1. The zero-order valence-corrected chi connectivity index (χ0v) is 23.6. The van der Waals surface area contributed by atoms with Crippen LogP contribution in [0.3, 0.4) is 0 Å². The van der Waals surface area contributed by atoms with Crippen LogP contribution in [-0.2, 0) is 30.4 Å². The van der Waals surface area contributed by atoms with Gasteiger partial charge in [-0.25, -0.2) is 19.4 Å². The van der Waals surface area contributed by atoms with Crippen LogP contribution in [0.15, 0.2) is 95.9 Å². The molecule has 222 valence electrons. The molecule has 43 heavy (non-hydrogen) atoms. The third kappa shape index (κ3) is 7.82. The van der Waals surface area contributed by atoms with Crippen molar-refractivity contribution in [2.45, 2.75) is 32.7 Å². The van der Waals surface area contributed by atoms with Gasteiger partial charge in [-0.3, -0.25) is 10.1 Å². The van der Waals surface area contributed by atoms with E-state index >= 15 is 0 Å². The number of rotatable bonds is 12. The molecule has 2 N–H and O–H groups in total. The van der Waals surface area contributed by atoms with Crippen LogP contribution in [0.5, 0.6) is 0 Å². The highest BCUT2D eigenvalue weighted by atomic mass is 16.6. The average molecular weight is 587 g/mol. The number of dihydropyridines is 1. The highest BCUT2D eigenvalue weighted by Gasteiger charge is 2.37. The number of nitrogens with one attached hydrogen (secondary N) is 1. The Labute approximate surface area is 247 Å². The molecule has 1 atom stereocenters. The molecule has 0 bridgehead atoms. The standard InChI is InChI=1S/C31H30N4O8/c1-20-27(30(37)38)29(24-5-3-6-25(17-24)35(40)41)28(21(2)33-20)31(39)43-16-4-15-42-26(36)12-11-22-7-9-23(10-8-22)18-34-14-13-32-19-34/h3,5-14,17,19,29,33H,4,15-16,18H2,1-2H3,(H,37,38)/b12-11+.